The van der Waals surface area contributed by atoms with Gasteiger partial charge in [-0.3, -0.25) is 0 Å². The van der Waals surface area contributed by atoms with E-state index in [2.05, 4.69) is 6.42 Å². The van der Waals surface area contributed by atoms with Gasteiger partial charge in [0.1, 0.15) is 0 Å². The van der Waals surface area contributed by atoms with Gasteiger partial charge in [0.05, 0.1) is 0 Å². The van der Waals surface area contributed by atoms with E-state index in [0.29, 0.717) is 6.61 Å². The summed E-state index contributed by atoms with van der Waals surface area (Å²) in [6.45, 7) is 2.32. The average Bonchev–Trinajstić information content (AvgIpc) is 1.61. The van der Waals surface area contributed by atoms with Crippen LogP contribution in [-0.4, -0.2) is 11.7 Å². The van der Waals surface area contributed by atoms with E-state index >= 15 is 0 Å². The number of unbranched alkanes of at least 4 members (excludes halogenated alkanes) is 2. The van der Waals surface area contributed by atoms with E-state index in [4.69, 9.17) is 5.11 Å². The van der Waals surface area contributed by atoms with Crippen molar-refractivity contribution in [3.63, 3.8) is 0 Å². The molecule has 0 rings (SSSR count). The van der Waals surface area contributed by atoms with Crippen molar-refractivity contribution < 1.29 is 22.2 Å². The third-order valence-corrected chi connectivity index (χ3v) is 0.651. The Bertz CT molecular complexity index is 20.0. The minimum absolute atomic E-state index is 0. The van der Waals surface area contributed by atoms with Crippen LogP contribution >= 0.6 is 0 Å². The standard InChI is InChI=1S/C5H11O.Cu/c1-2-3-4-5-6;/h2,6H,3-5H2,1H3;/q-1;+1. The Morgan fingerprint density at radius 1 is 1.57 bits per heavy atom. The smallest absolute Gasteiger partial charge is 0.396 e. The fourth-order valence-corrected chi connectivity index (χ4v) is 0.295. The number of hydrogen-bond donors (Lipinski definition) is 1. The molecule has 0 aromatic heterocycles. The monoisotopic (exact) mass is 150 g/mol. The van der Waals surface area contributed by atoms with Crippen molar-refractivity contribution in [1.29, 1.82) is 0 Å². The molecular formula is C5H11CuO. The molecule has 1 nitrogen and oxygen atoms in total. The van der Waals surface area contributed by atoms with E-state index in [0.717, 1.165) is 12.8 Å². The largest absolute Gasteiger partial charge is 1.00 e. The molecular weight excluding hydrogens is 140 g/mol. The molecule has 1 N–H and O–H groups in total. The SMILES string of the molecule is C[CH-]CCCO.[Cu+]. The Balaban J connectivity index is 0. The Labute approximate surface area is 55.6 Å². The number of aliphatic hydroxyl groups is 1. The summed E-state index contributed by atoms with van der Waals surface area (Å²) in [5, 5.41) is 8.18. The van der Waals surface area contributed by atoms with Crippen LogP contribution in [0.5, 0.6) is 0 Å². The minimum atomic E-state index is 0. The van der Waals surface area contributed by atoms with Crippen LogP contribution in [0.25, 0.3) is 0 Å². The quantitative estimate of drug-likeness (QED) is 0.361. The second kappa shape index (κ2) is 9.70. The van der Waals surface area contributed by atoms with Crippen molar-refractivity contribution in [3.05, 3.63) is 6.42 Å². The van der Waals surface area contributed by atoms with Crippen molar-refractivity contribution >= 4 is 0 Å². The summed E-state index contributed by atoms with van der Waals surface area (Å²) in [4.78, 5) is 0. The molecule has 0 saturated heterocycles. The van der Waals surface area contributed by atoms with E-state index in [1.165, 1.54) is 0 Å². The van der Waals surface area contributed by atoms with Crippen LogP contribution < -0.4 is 0 Å². The Kier molecular flexibility index (Phi) is 14.5. The molecule has 0 aliphatic carbocycles. The van der Waals surface area contributed by atoms with Crippen LogP contribution in [0.15, 0.2) is 0 Å². The normalized spacial score (nSPS) is 7.71. The fourth-order valence-electron chi connectivity index (χ4n) is 0.295. The molecule has 0 atom stereocenters. The molecule has 0 unspecified atom stereocenters. The van der Waals surface area contributed by atoms with Gasteiger partial charge in [0.2, 0.25) is 0 Å². The van der Waals surface area contributed by atoms with Gasteiger partial charge in [0, 0.05) is 6.61 Å². The predicted molar refractivity (Wildman–Crippen MR) is 26.3 cm³/mol. The molecule has 0 aromatic carbocycles. The van der Waals surface area contributed by atoms with Gasteiger partial charge in [-0.2, -0.15) is 13.3 Å². The Morgan fingerprint density at radius 2 is 2.14 bits per heavy atom. The van der Waals surface area contributed by atoms with Crippen LogP contribution in [0.1, 0.15) is 19.8 Å². The summed E-state index contributed by atoms with van der Waals surface area (Å²) < 4.78 is 0. The zero-order valence-corrected chi connectivity index (χ0v) is 5.39. The van der Waals surface area contributed by atoms with Gasteiger partial charge >= 0.3 is 17.1 Å². The first-order valence-corrected chi connectivity index (χ1v) is 2.30. The summed E-state index contributed by atoms with van der Waals surface area (Å²) in [6.07, 6.45) is 4.00. The molecule has 0 aromatic rings. The third kappa shape index (κ3) is 10.7. The van der Waals surface area contributed by atoms with E-state index in [9.17, 15) is 0 Å². The van der Waals surface area contributed by atoms with Crippen LogP contribution in [-0.2, 0) is 17.1 Å². The van der Waals surface area contributed by atoms with Gasteiger partial charge in [-0.25, -0.2) is 0 Å². The molecule has 0 bridgehead atoms. The maximum Gasteiger partial charge on any atom is 1.00 e. The van der Waals surface area contributed by atoms with Crippen LogP contribution in [0.4, 0.5) is 0 Å². The van der Waals surface area contributed by atoms with Crippen LogP contribution in [0.3, 0.4) is 0 Å². The van der Waals surface area contributed by atoms with E-state index in [-0.39, 0.29) is 17.1 Å². The molecule has 0 aliphatic heterocycles. The van der Waals surface area contributed by atoms with Gasteiger partial charge in [-0.05, 0) is 0 Å². The van der Waals surface area contributed by atoms with E-state index < -0.39 is 0 Å². The molecule has 0 aliphatic rings. The van der Waals surface area contributed by atoms with E-state index in [1.54, 1.807) is 0 Å². The van der Waals surface area contributed by atoms with Gasteiger partial charge in [0.15, 0.2) is 0 Å². The van der Waals surface area contributed by atoms with Crippen molar-refractivity contribution in [2.45, 2.75) is 19.8 Å². The summed E-state index contributed by atoms with van der Waals surface area (Å²) in [5.74, 6) is 0. The zero-order chi connectivity index (χ0) is 4.83. The third-order valence-electron chi connectivity index (χ3n) is 0.651. The van der Waals surface area contributed by atoms with Crippen molar-refractivity contribution in [3.8, 4) is 0 Å². The summed E-state index contributed by atoms with van der Waals surface area (Å²) >= 11 is 0. The average molecular weight is 151 g/mol. The van der Waals surface area contributed by atoms with Crippen LogP contribution in [0.2, 0.25) is 0 Å². The molecule has 0 heterocycles. The first-order valence-electron chi connectivity index (χ1n) is 2.30. The molecule has 0 spiro atoms. The van der Waals surface area contributed by atoms with Crippen molar-refractivity contribution in [2.75, 3.05) is 6.61 Å². The minimum Gasteiger partial charge on any atom is -0.396 e. The summed E-state index contributed by atoms with van der Waals surface area (Å²) in [7, 11) is 0. The van der Waals surface area contributed by atoms with Crippen molar-refractivity contribution in [2.24, 2.45) is 0 Å². The van der Waals surface area contributed by atoms with Gasteiger partial charge < -0.3 is 11.5 Å². The topological polar surface area (TPSA) is 20.2 Å². The molecule has 0 amide bonds. The van der Waals surface area contributed by atoms with Gasteiger partial charge in [-0.15, -0.1) is 0 Å². The van der Waals surface area contributed by atoms with Gasteiger partial charge in [-0.1, -0.05) is 6.42 Å². The van der Waals surface area contributed by atoms with Crippen LogP contribution in [0, 0.1) is 6.42 Å². The first kappa shape index (κ1) is 10.5. The molecule has 0 radical (unpaired) electrons. The second-order valence-electron chi connectivity index (χ2n) is 1.27. The zero-order valence-electron chi connectivity index (χ0n) is 4.45. The summed E-state index contributed by atoms with van der Waals surface area (Å²) in [5.41, 5.74) is 0. The Morgan fingerprint density at radius 3 is 2.29 bits per heavy atom. The number of rotatable bonds is 3. The molecule has 0 fully saturated rings. The van der Waals surface area contributed by atoms with E-state index in [1.807, 2.05) is 6.92 Å². The molecule has 7 heavy (non-hydrogen) atoms. The fraction of sp³-hybridized carbons (Fsp3) is 0.800. The van der Waals surface area contributed by atoms with Crippen molar-refractivity contribution in [1.82, 2.24) is 0 Å². The number of hydrogen-bond acceptors (Lipinski definition) is 1. The molecule has 0 saturated carbocycles. The maximum atomic E-state index is 8.18. The first-order chi connectivity index (χ1) is 2.91. The summed E-state index contributed by atoms with van der Waals surface area (Å²) in [6, 6.07) is 0. The van der Waals surface area contributed by atoms with Gasteiger partial charge in [0.25, 0.3) is 0 Å². The second-order valence-corrected chi connectivity index (χ2v) is 1.27. The maximum absolute atomic E-state index is 8.18. The predicted octanol–water partition coefficient (Wildman–Crippen LogP) is 0.981. The molecule has 2 heteroatoms. The molecule has 48 valence electrons. The number of aliphatic hydroxyl groups excluding tert-OH is 1. The Hall–Kier alpha value is 0.479.